The summed E-state index contributed by atoms with van der Waals surface area (Å²) < 4.78 is 34.9. The van der Waals surface area contributed by atoms with Crippen LogP contribution < -0.4 is 4.74 Å². The molecule has 37 heavy (non-hydrogen) atoms. The lowest BCUT2D eigenvalue weighted by molar-refractivity contribution is -0.141. The average Bonchev–Trinajstić information content (AvgIpc) is 3.57. The molecule has 0 unspecified atom stereocenters. The first kappa shape index (κ1) is 25.9. The number of nitrogens with zero attached hydrogens (tertiary/aromatic N) is 2. The number of carbonyl (C=O) groups excluding carboxylic acids is 1. The number of carboxylic acids is 1. The second-order valence-electron chi connectivity index (χ2n) is 10.4. The van der Waals surface area contributed by atoms with Crippen molar-refractivity contribution in [1.29, 1.82) is 0 Å². The first-order chi connectivity index (χ1) is 17.8. The van der Waals surface area contributed by atoms with Gasteiger partial charge in [0.2, 0.25) is 0 Å². The number of likely N-dealkylation sites (tertiary alicyclic amines) is 2. The molecule has 9 heteroatoms. The van der Waals surface area contributed by atoms with Crippen LogP contribution in [0.5, 0.6) is 5.75 Å². The molecule has 1 aliphatic carbocycles. The minimum absolute atomic E-state index is 0.0758. The molecule has 3 aliphatic rings. The monoisotopic (exact) mass is 532 g/mol. The minimum atomic E-state index is -1.06. The summed E-state index contributed by atoms with van der Waals surface area (Å²) in [6, 6.07) is 6.57. The van der Waals surface area contributed by atoms with E-state index in [0.29, 0.717) is 49.2 Å². The first-order valence-electron chi connectivity index (χ1n) is 13.0. The summed E-state index contributed by atoms with van der Waals surface area (Å²) >= 11 is 5.97. The molecule has 0 spiro atoms. The topological polar surface area (TPSA) is 70.1 Å². The lowest BCUT2D eigenvalue weighted by Crippen LogP contribution is -2.40. The number of carboxylic acid groups (broad SMARTS) is 1. The van der Waals surface area contributed by atoms with Crippen LogP contribution in [0.1, 0.15) is 65.9 Å². The number of piperidine rings is 1. The summed E-state index contributed by atoms with van der Waals surface area (Å²) in [6.07, 6.45) is 4.71. The standard InChI is InChI=1S/C28H31ClF2N2O4/c29-20-10-18(11-21(30)12-20)15-32-8-5-17(6-9-32)16-37-26-14-24(31)23(13-22(26)19-3-4-19)27(34)33-7-1-2-25(33)28(35)36/h10-14,17,19,25H,1-9,15-16H2,(H,35,36)/t25-/m0/s1. The van der Waals surface area contributed by atoms with Crippen LogP contribution in [0.15, 0.2) is 30.3 Å². The SMILES string of the molecule is O=C(O)[C@@H]1CCCN1C(=O)c1cc(C2CC2)c(OCC2CCN(Cc3cc(F)cc(Cl)c3)CC2)cc1F. The van der Waals surface area contributed by atoms with Gasteiger partial charge in [-0.15, -0.1) is 0 Å². The van der Waals surface area contributed by atoms with Crippen LogP contribution in [-0.2, 0) is 11.3 Å². The summed E-state index contributed by atoms with van der Waals surface area (Å²) in [5, 5.41) is 9.82. The Balaban J connectivity index is 1.20. The van der Waals surface area contributed by atoms with Crippen molar-refractivity contribution in [2.24, 2.45) is 5.92 Å². The molecule has 0 aromatic heterocycles. The normalized spacial score (nSPS) is 20.8. The Morgan fingerprint density at radius 3 is 2.43 bits per heavy atom. The van der Waals surface area contributed by atoms with E-state index in [4.69, 9.17) is 16.3 Å². The van der Waals surface area contributed by atoms with E-state index in [9.17, 15) is 19.1 Å². The van der Waals surface area contributed by atoms with Gasteiger partial charge in [-0.25, -0.2) is 13.6 Å². The molecule has 1 amide bonds. The van der Waals surface area contributed by atoms with Crippen molar-refractivity contribution in [2.75, 3.05) is 26.2 Å². The Morgan fingerprint density at radius 2 is 1.76 bits per heavy atom. The number of ether oxygens (including phenoxy) is 1. The highest BCUT2D eigenvalue weighted by Gasteiger charge is 2.37. The van der Waals surface area contributed by atoms with Gasteiger partial charge in [0, 0.05) is 24.2 Å². The third-order valence-electron chi connectivity index (χ3n) is 7.66. The molecular weight excluding hydrogens is 502 g/mol. The number of amides is 1. The molecule has 198 valence electrons. The molecule has 3 fully saturated rings. The molecule has 1 atom stereocenters. The number of hydrogen-bond acceptors (Lipinski definition) is 4. The van der Waals surface area contributed by atoms with Crippen LogP contribution in [0.2, 0.25) is 5.02 Å². The lowest BCUT2D eigenvalue weighted by atomic mass is 9.97. The zero-order valence-electron chi connectivity index (χ0n) is 20.6. The van der Waals surface area contributed by atoms with Gasteiger partial charge in [0.05, 0.1) is 12.2 Å². The smallest absolute Gasteiger partial charge is 0.326 e. The van der Waals surface area contributed by atoms with E-state index in [-0.39, 0.29) is 17.3 Å². The molecule has 2 saturated heterocycles. The highest BCUT2D eigenvalue weighted by atomic mass is 35.5. The molecule has 2 heterocycles. The van der Waals surface area contributed by atoms with Crippen molar-refractivity contribution in [3.05, 3.63) is 63.7 Å². The van der Waals surface area contributed by atoms with Crippen molar-refractivity contribution < 1.29 is 28.2 Å². The van der Waals surface area contributed by atoms with Crippen LogP contribution >= 0.6 is 11.6 Å². The molecule has 0 bridgehead atoms. The second kappa shape index (κ2) is 11.0. The fraction of sp³-hybridized carbons (Fsp3) is 0.500. The molecule has 1 N–H and O–H groups in total. The average molecular weight is 533 g/mol. The van der Waals surface area contributed by atoms with E-state index in [1.165, 1.54) is 23.1 Å². The maximum Gasteiger partial charge on any atom is 0.326 e. The summed E-state index contributed by atoms with van der Waals surface area (Å²) in [6.45, 7) is 3.11. The van der Waals surface area contributed by atoms with E-state index < -0.39 is 23.7 Å². The predicted molar refractivity (Wildman–Crippen MR) is 135 cm³/mol. The Bertz CT molecular complexity index is 1160. The van der Waals surface area contributed by atoms with Crippen LogP contribution in [-0.4, -0.2) is 59.1 Å². The minimum Gasteiger partial charge on any atom is -0.493 e. The van der Waals surface area contributed by atoms with Crippen LogP contribution in [0.25, 0.3) is 0 Å². The Hall–Kier alpha value is -2.71. The maximum atomic E-state index is 15.1. The van der Waals surface area contributed by atoms with Gasteiger partial charge in [-0.2, -0.15) is 0 Å². The van der Waals surface area contributed by atoms with Gasteiger partial charge in [0.25, 0.3) is 5.91 Å². The number of rotatable bonds is 8. The van der Waals surface area contributed by atoms with Crippen molar-refractivity contribution >= 4 is 23.5 Å². The molecule has 5 rings (SSSR count). The zero-order valence-corrected chi connectivity index (χ0v) is 21.4. The van der Waals surface area contributed by atoms with Gasteiger partial charge >= 0.3 is 5.97 Å². The third kappa shape index (κ3) is 6.07. The highest BCUT2D eigenvalue weighted by molar-refractivity contribution is 6.30. The van der Waals surface area contributed by atoms with E-state index >= 15 is 4.39 Å². The summed E-state index contributed by atoms with van der Waals surface area (Å²) in [5.74, 6) is -1.62. The van der Waals surface area contributed by atoms with Gasteiger partial charge in [0.15, 0.2) is 0 Å². The van der Waals surface area contributed by atoms with Crippen molar-refractivity contribution in [3.63, 3.8) is 0 Å². The molecular formula is C28H31ClF2N2O4. The van der Waals surface area contributed by atoms with Gasteiger partial charge in [-0.3, -0.25) is 9.69 Å². The molecule has 6 nitrogen and oxygen atoms in total. The highest BCUT2D eigenvalue weighted by Crippen LogP contribution is 2.45. The van der Waals surface area contributed by atoms with Gasteiger partial charge in [-0.05, 0) is 98.8 Å². The van der Waals surface area contributed by atoms with E-state index in [1.807, 2.05) is 0 Å². The summed E-state index contributed by atoms with van der Waals surface area (Å²) in [4.78, 5) is 28.1. The van der Waals surface area contributed by atoms with Crippen molar-refractivity contribution in [3.8, 4) is 5.75 Å². The van der Waals surface area contributed by atoms with Gasteiger partial charge in [-0.1, -0.05) is 11.6 Å². The fourth-order valence-corrected chi connectivity index (χ4v) is 5.72. The molecule has 0 radical (unpaired) electrons. The van der Waals surface area contributed by atoms with Crippen molar-refractivity contribution in [2.45, 2.75) is 57.0 Å². The molecule has 2 aliphatic heterocycles. The number of hydrogen-bond donors (Lipinski definition) is 1. The van der Waals surface area contributed by atoms with Crippen LogP contribution in [0.4, 0.5) is 8.78 Å². The maximum absolute atomic E-state index is 15.1. The summed E-state index contributed by atoms with van der Waals surface area (Å²) in [5.41, 5.74) is 1.60. The Labute approximate surface area is 220 Å². The quantitative estimate of drug-likeness (QED) is 0.488. The van der Waals surface area contributed by atoms with E-state index in [2.05, 4.69) is 4.90 Å². The van der Waals surface area contributed by atoms with Crippen LogP contribution in [0.3, 0.4) is 0 Å². The molecule has 2 aromatic carbocycles. The number of benzene rings is 2. The number of carbonyl (C=O) groups is 2. The lowest BCUT2D eigenvalue weighted by Gasteiger charge is -2.32. The summed E-state index contributed by atoms with van der Waals surface area (Å²) in [7, 11) is 0. The largest absolute Gasteiger partial charge is 0.493 e. The Kier molecular flexibility index (Phi) is 7.67. The second-order valence-corrected chi connectivity index (χ2v) is 10.9. The fourth-order valence-electron chi connectivity index (χ4n) is 5.47. The van der Waals surface area contributed by atoms with Gasteiger partial charge < -0.3 is 14.7 Å². The number of halogens is 3. The van der Waals surface area contributed by atoms with Crippen LogP contribution in [0, 0.1) is 17.6 Å². The predicted octanol–water partition coefficient (Wildman–Crippen LogP) is 5.48. The van der Waals surface area contributed by atoms with Crippen molar-refractivity contribution in [1.82, 2.24) is 9.80 Å². The number of aliphatic carboxylic acids is 1. The Morgan fingerprint density at radius 1 is 1.00 bits per heavy atom. The van der Waals surface area contributed by atoms with E-state index in [0.717, 1.165) is 49.9 Å². The van der Waals surface area contributed by atoms with E-state index in [1.54, 1.807) is 12.1 Å². The zero-order chi connectivity index (χ0) is 26.1. The first-order valence-corrected chi connectivity index (χ1v) is 13.3. The van der Waals surface area contributed by atoms with Gasteiger partial charge in [0.1, 0.15) is 23.4 Å². The molecule has 1 saturated carbocycles. The third-order valence-corrected chi connectivity index (χ3v) is 7.87. The molecule has 2 aromatic rings.